The number of nitrogens with zero attached hydrogens (tertiary/aromatic N) is 2. The average molecular weight is 378 g/mol. The van der Waals surface area contributed by atoms with Crippen molar-refractivity contribution >= 4 is 17.5 Å². The van der Waals surface area contributed by atoms with Gasteiger partial charge in [-0.25, -0.2) is 0 Å². The van der Waals surface area contributed by atoms with Crippen LogP contribution in [-0.4, -0.2) is 41.5 Å². The Bertz CT molecular complexity index is 874. The molecule has 0 spiro atoms. The van der Waals surface area contributed by atoms with Gasteiger partial charge in [-0.3, -0.25) is 9.59 Å². The highest BCUT2D eigenvalue weighted by Crippen LogP contribution is 2.31. The molecule has 2 aromatic carbocycles. The molecular weight excluding hydrogens is 352 g/mol. The molecule has 0 saturated heterocycles. The molecular formula is C23H26N2O3. The number of rotatable bonds is 6. The Labute approximate surface area is 165 Å². The molecule has 146 valence electrons. The molecule has 0 bridgehead atoms. The fraction of sp³-hybridized carbons (Fsp3) is 0.304. The molecule has 2 aromatic rings. The summed E-state index contributed by atoms with van der Waals surface area (Å²) >= 11 is 0. The quantitative estimate of drug-likeness (QED) is 0.786. The van der Waals surface area contributed by atoms with Crippen molar-refractivity contribution < 1.29 is 14.7 Å². The topological polar surface area (TPSA) is 60.9 Å². The van der Waals surface area contributed by atoms with Gasteiger partial charge in [0.1, 0.15) is 0 Å². The molecule has 5 nitrogen and oxygen atoms in total. The predicted octanol–water partition coefficient (Wildman–Crippen LogP) is 3.09. The molecule has 0 atom stereocenters. The Morgan fingerprint density at radius 3 is 2.64 bits per heavy atom. The summed E-state index contributed by atoms with van der Waals surface area (Å²) in [6, 6.07) is 13.5. The van der Waals surface area contributed by atoms with Crippen molar-refractivity contribution in [3.63, 3.8) is 0 Å². The molecule has 28 heavy (non-hydrogen) atoms. The highest BCUT2D eigenvalue weighted by atomic mass is 16.3. The van der Waals surface area contributed by atoms with Crippen LogP contribution in [0, 0.1) is 6.92 Å². The number of carbonyl (C=O) groups excluding carboxylic acids is 2. The van der Waals surface area contributed by atoms with Crippen LogP contribution in [0.15, 0.2) is 55.1 Å². The van der Waals surface area contributed by atoms with Gasteiger partial charge in [-0.05, 0) is 49.1 Å². The van der Waals surface area contributed by atoms with Crippen LogP contribution >= 0.6 is 0 Å². The van der Waals surface area contributed by atoms with Crippen LogP contribution in [0.1, 0.15) is 33.5 Å². The molecule has 1 aliphatic rings. The third-order valence-electron chi connectivity index (χ3n) is 5.07. The van der Waals surface area contributed by atoms with E-state index in [1.165, 1.54) is 6.08 Å². The van der Waals surface area contributed by atoms with Crippen molar-refractivity contribution in [2.75, 3.05) is 24.6 Å². The number of carbonyl (C=O) groups is 2. The molecule has 0 aliphatic carbocycles. The van der Waals surface area contributed by atoms with Crippen molar-refractivity contribution in [1.82, 2.24) is 4.90 Å². The summed E-state index contributed by atoms with van der Waals surface area (Å²) < 4.78 is 0. The van der Waals surface area contributed by atoms with Gasteiger partial charge in [0.2, 0.25) is 5.91 Å². The first kappa shape index (κ1) is 19.8. The Balaban J connectivity index is 1.92. The van der Waals surface area contributed by atoms with E-state index in [1.54, 1.807) is 9.80 Å². The molecule has 1 N–H and O–H groups in total. The van der Waals surface area contributed by atoms with E-state index >= 15 is 0 Å². The van der Waals surface area contributed by atoms with E-state index in [-0.39, 0.29) is 25.0 Å². The van der Waals surface area contributed by atoms with E-state index in [9.17, 15) is 14.7 Å². The molecule has 0 radical (unpaired) electrons. The Kier molecular flexibility index (Phi) is 6.26. The fourth-order valence-corrected chi connectivity index (χ4v) is 3.62. The first-order valence-electron chi connectivity index (χ1n) is 9.56. The zero-order chi connectivity index (χ0) is 20.1. The lowest BCUT2D eigenvalue weighted by atomic mass is 9.95. The lowest BCUT2D eigenvalue weighted by Crippen LogP contribution is -2.37. The van der Waals surface area contributed by atoms with E-state index in [1.807, 2.05) is 49.4 Å². The number of amides is 2. The highest BCUT2D eigenvalue weighted by Gasteiger charge is 2.26. The Morgan fingerprint density at radius 2 is 1.96 bits per heavy atom. The van der Waals surface area contributed by atoms with Gasteiger partial charge in [0.15, 0.2) is 0 Å². The van der Waals surface area contributed by atoms with E-state index in [4.69, 9.17) is 0 Å². The first-order valence-corrected chi connectivity index (χ1v) is 9.56. The zero-order valence-electron chi connectivity index (χ0n) is 16.2. The van der Waals surface area contributed by atoms with E-state index < -0.39 is 0 Å². The number of benzene rings is 2. The Hall–Kier alpha value is -2.92. The van der Waals surface area contributed by atoms with Gasteiger partial charge in [0.05, 0.1) is 6.61 Å². The number of hydrogen-bond acceptors (Lipinski definition) is 3. The minimum absolute atomic E-state index is 0.103. The monoisotopic (exact) mass is 378 g/mol. The number of fused-ring (bicyclic) bond motifs is 1. The van der Waals surface area contributed by atoms with Gasteiger partial charge in [-0.15, -0.1) is 0 Å². The zero-order valence-corrected chi connectivity index (χ0v) is 16.2. The highest BCUT2D eigenvalue weighted by molar-refractivity contribution is 6.04. The number of aliphatic hydroxyl groups excluding tert-OH is 1. The normalized spacial score (nSPS) is 13.0. The van der Waals surface area contributed by atoms with Gasteiger partial charge in [-0.1, -0.05) is 42.5 Å². The number of aryl methyl sites for hydroxylation is 1. The van der Waals surface area contributed by atoms with Crippen LogP contribution in [0.2, 0.25) is 0 Å². The van der Waals surface area contributed by atoms with Crippen molar-refractivity contribution in [2.45, 2.75) is 26.3 Å². The largest absolute Gasteiger partial charge is 0.395 e. The lowest BCUT2D eigenvalue weighted by Gasteiger charge is -2.31. The summed E-state index contributed by atoms with van der Waals surface area (Å²) in [5, 5.41) is 9.48. The maximum absolute atomic E-state index is 13.3. The summed E-state index contributed by atoms with van der Waals surface area (Å²) in [6.45, 7) is 6.80. The second-order valence-electron chi connectivity index (χ2n) is 7.04. The van der Waals surface area contributed by atoms with E-state index in [0.717, 1.165) is 35.2 Å². The smallest absolute Gasteiger partial charge is 0.254 e. The molecule has 0 unspecified atom stereocenters. The fourth-order valence-electron chi connectivity index (χ4n) is 3.62. The van der Waals surface area contributed by atoms with Crippen molar-refractivity contribution in [1.29, 1.82) is 0 Å². The Morgan fingerprint density at radius 1 is 1.21 bits per heavy atom. The third-order valence-corrected chi connectivity index (χ3v) is 5.07. The van der Waals surface area contributed by atoms with Crippen LogP contribution in [0.4, 0.5) is 5.69 Å². The van der Waals surface area contributed by atoms with Gasteiger partial charge in [-0.2, -0.15) is 0 Å². The summed E-state index contributed by atoms with van der Waals surface area (Å²) in [5.41, 5.74) is 4.44. The molecule has 0 fully saturated rings. The standard InChI is InChI=1S/C23H26N2O3/c1-3-22(27)25-13-5-7-19-20(6-4-8-21(19)25)23(28)24(14-15-26)16-18-11-9-17(2)10-12-18/h3-4,6,8-12,26H,1,5,7,13-16H2,2H3. The van der Waals surface area contributed by atoms with E-state index in [0.29, 0.717) is 18.7 Å². The molecule has 1 heterocycles. The number of aliphatic hydroxyl groups is 1. The van der Waals surface area contributed by atoms with Crippen LogP contribution in [0.25, 0.3) is 0 Å². The summed E-state index contributed by atoms with van der Waals surface area (Å²) in [6.07, 6.45) is 2.85. The van der Waals surface area contributed by atoms with E-state index in [2.05, 4.69) is 6.58 Å². The first-order chi connectivity index (χ1) is 13.5. The molecule has 5 heteroatoms. The molecule has 0 aromatic heterocycles. The van der Waals surface area contributed by atoms with Crippen LogP contribution in [0.5, 0.6) is 0 Å². The third kappa shape index (κ3) is 4.15. The molecule has 0 saturated carbocycles. The molecule has 1 aliphatic heterocycles. The second kappa shape index (κ2) is 8.85. The SMILES string of the molecule is C=CC(=O)N1CCCc2c(C(=O)N(CCO)Cc3ccc(C)cc3)cccc21. The number of hydrogen-bond donors (Lipinski definition) is 1. The minimum atomic E-state index is -0.155. The van der Waals surface area contributed by atoms with Crippen molar-refractivity contribution in [3.8, 4) is 0 Å². The summed E-state index contributed by atoms with van der Waals surface area (Å²) in [7, 11) is 0. The molecule has 3 rings (SSSR count). The van der Waals surface area contributed by atoms with Gasteiger partial charge in [0.25, 0.3) is 5.91 Å². The summed E-state index contributed by atoms with van der Waals surface area (Å²) in [5.74, 6) is -0.281. The van der Waals surface area contributed by atoms with Gasteiger partial charge in [0, 0.05) is 30.9 Å². The van der Waals surface area contributed by atoms with Gasteiger partial charge >= 0.3 is 0 Å². The van der Waals surface area contributed by atoms with Gasteiger partial charge < -0.3 is 14.9 Å². The van der Waals surface area contributed by atoms with Crippen molar-refractivity contribution in [3.05, 3.63) is 77.4 Å². The number of anilines is 1. The minimum Gasteiger partial charge on any atom is -0.395 e. The predicted molar refractivity (Wildman–Crippen MR) is 110 cm³/mol. The second-order valence-corrected chi connectivity index (χ2v) is 7.04. The summed E-state index contributed by atoms with van der Waals surface area (Å²) in [4.78, 5) is 28.9. The lowest BCUT2D eigenvalue weighted by molar-refractivity contribution is -0.114. The van der Waals surface area contributed by atoms with Crippen LogP contribution < -0.4 is 4.90 Å². The van der Waals surface area contributed by atoms with Crippen LogP contribution in [-0.2, 0) is 17.8 Å². The van der Waals surface area contributed by atoms with Crippen LogP contribution in [0.3, 0.4) is 0 Å². The maximum atomic E-state index is 13.3. The maximum Gasteiger partial charge on any atom is 0.254 e. The average Bonchev–Trinajstić information content (AvgIpc) is 2.73. The molecule has 2 amide bonds. The van der Waals surface area contributed by atoms with Crippen molar-refractivity contribution in [2.24, 2.45) is 0 Å².